The molecule has 0 atom stereocenters. The summed E-state index contributed by atoms with van der Waals surface area (Å²) in [5.74, 6) is 0.585. The Hall–Kier alpha value is -1.36. The predicted molar refractivity (Wildman–Crippen MR) is 71.8 cm³/mol. The second kappa shape index (κ2) is 4.49. The fraction of sp³-hybridized carbons (Fsp3) is 0.333. The zero-order valence-corrected chi connectivity index (χ0v) is 11.7. The van der Waals surface area contributed by atoms with Crippen LogP contribution in [-0.2, 0) is 13.5 Å². The summed E-state index contributed by atoms with van der Waals surface area (Å²) in [6.07, 6.45) is 2.51. The van der Waals surface area contributed by atoms with E-state index in [0.29, 0.717) is 5.82 Å². The van der Waals surface area contributed by atoms with Gasteiger partial charge in [0.25, 0.3) is 0 Å². The van der Waals surface area contributed by atoms with Gasteiger partial charge < -0.3 is 5.73 Å². The van der Waals surface area contributed by atoms with E-state index in [1.165, 1.54) is 0 Å². The molecule has 0 bridgehead atoms. The van der Waals surface area contributed by atoms with Crippen molar-refractivity contribution in [2.75, 3.05) is 5.73 Å². The number of anilines is 1. The van der Waals surface area contributed by atoms with Gasteiger partial charge in [0.15, 0.2) is 0 Å². The number of aryl methyl sites for hydroxylation is 3. The highest BCUT2D eigenvalue weighted by Gasteiger charge is 2.12. The maximum atomic E-state index is 5.89. The van der Waals surface area contributed by atoms with Crippen LogP contribution in [-0.4, -0.2) is 14.8 Å². The van der Waals surface area contributed by atoms with Gasteiger partial charge in [-0.3, -0.25) is 4.68 Å². The highest BCUT2D eigenvalue weighted by atomic mass is 79.9. The van der Waals surface area contributed by atoms with Crippen molar-refractivity contribution in [3.63, 3.8) is 0 Å². The van der Waals surface area contributed by atoms with Gasteiger partial charge in [-0.1, -0.05) is 6.07 Å². The van der Waals surface area contributed by atoms with Crippen LogP contribution < -0.4 is 5.73 Å². The summed E-state index contributed by atoms with van der Waals surface area (Å²) in [6.45, 7) is 3.99. The van der Waals surface area contributed by atoms with E-state index in [4.69, 9.17) is 5.73 Å². The molecule has 2 aromatic rings. The maximum Gasteiger partial charge on any atom is 0.126 e. The van der Waals surface area contributed by atoms with E-state index in [9.17, 15) is 0 Å². The Morgan fingerprint density at radius 1 is 1.41 bits per heavy atom. The summed E-state index contributed by atoms with van der Waals surface area (Å²) in [5, 5.41) is 4.37. The summed E-state index contributed by atoms with van der Waals surface area (Å²) in [5.41, 5.74) is 10.1. The topological polar surface area (TPSA) is 56.7 Å². The molecule has 0 fully saturated rings. The van der Waals surface area contributed by atoms with Gasteiger partial charge >= 0.3 is 0 Å². The molecule has 17 heavy (non-hydrogen) atoms. The molecule has 0 aliphatic heterocycles. The van der Waals surface area contributed by atoms with Gasteiger partial charge in [0, 0.05) is 25.2 Å². The summed E-state index contributed by atoms with van der Waals surface area (Å²) in [4.78, 5) is 4.17. The van der Waals surface area contributed by atoms with Crippen LogP contribution in [0.3, 0.4) is 0 Å². The molecule has 0 amide bonds. The van der Waals surface area contributed by atoms with Crippen molar-refractivity contribution in [2.45, 2.75) is 20.3 Å². The van der Waals surface area contributed by atoms with Crippen LogP contribution in [0.5, 0.6) is 0 Å². The molecule has 0 aliphatic carbocycles. The molecule has 0 unspecified atom stereocenters. The fourth-order valence-electron chi connectivity index (χ4n) is 1.83. The first-order chi connectivity index (χ1) is 7.99. The summed E-state index contributed by atoms with van der Waals surface area (Å²) >= 11 is 3.56. The van der Waals surface area contributed by atoms with E-state index < -0.39 is 0 Å². The number of aromatic nitrogens is 3. The zero-order valence-electron chi connectivity index (χ0n) is 10.2. The highest BCUT2D eigenvalue weighted by Crippen LogP contribution is 2.24. The van der Waals surface area contributed by atoms with Crippen molar-refractivity contribution in [3.05, 3.63) is 39.3 Å². The predicted octanol–water partition coefficient (Wildman–Crippen LogP) is 2.37. The maximum absolute atomic E-state index is 5.89. The number of hydrogen-bond donors (Lipinski definition) is 1. The normalized spacial score (nSPS) is 10.8. The fourth-order valence-corrected chi connectivity index (χ4v) is 2.31. The number of pyridine rings is 1. The lowest BCUT2D eigenvalue weighted by Crippen LogP contribution is -2.04. The van der Waals surface area contributed by atoms with Crippen LogP contribution in [0, 0.1) is 13.8 Å². The molecule has 2 N–H and O–H groups in total. The van der Waals surface area contributed by atoms with E-state index in [0.717, 1.165) is 33.4 Å². The highest BCUT2D eigenvalue weighted by molar-refractivity contribution is 9.10. The lowest BCUT2D eigenvalue weighted by atomic mass is 10.1. The average molecular weight is 295 g/mol. The number of rotatable bonds is 2. The molecule has 0 aromatic carbocycles. The third-order valence-electron chi connectivity index (χ3n) is 2.76. The molecule has 5 heteroatoms. The van der Waals surface area contributed by atoms with Crippen LogP contribution in [0.1, 0.15) is 22.5 Å². The van der Waals surface area contributed by atoms with E-state index in [2.05, 4.69) is 32.1 Å². The van der Waals surface area contributed by atoms with Crippen LogP contribution in [0.4, 0.5) is 5.82 Å². The summed E-state index contributed by atoms with van der Waals surface area (Å²) in [7, 11) is 1.94. The van der Waals surface area contributed by atoms with Gasteiger partial charge in [-0.25, -0.2) is 4.98 Å². The zero-order chi connectivity index (χ0) is 12.6. The monoisotopic (exact) mass is 294 g/mol. The molecule has 90 valence electrons. The number of hydrogen-bond acceptors (Lipinski definition) is 3. The molecular formula is C12H15BrN4. The summed E-state index contributed by atoms with van der Waals surface area (Å²) < 4.78 is 2.92. The Balaban J connectivity index is 2.41. The molecule has 2 heterocycles. The minimum absolute atomic E-state index is 0.585. The second-order valence-electron chi connectivity index (χ2n) is 4.20. The van der Waals surface area contributed by atoms with E-state index in [1.54, 1.807) is 6.20 Å². The smallest absolute Gasteiger partial charge is 0.126 e. The van der Waals surface area contributed by atoms with Gasteiger partial charge in [-0.15, -0.1) is 0 Å². The number of halogens is 1. The summed E-state index contributed by atoms with van der Waals surface area (Å²) in [6, 6.07) is 2.07. The molecule has 0 aliphatic rings. The first-order valence-electron chi connectivity index (χ1n) is 5.38. The minimum Gasteiger partial charge on any atom is -0.383 e. The molecular weight excluding hydrogens is 280 g/mol. The number of nitrogen functional groups attached to an aromatic ring is 1. The molecule has 0 spiro atoms. The largest absolute Gasteiger partial charge is 0.383 e. The Bertz CT molecular complexity index is 560. The van der Waals surface area contributed by atoms with Gasteiger partial charge in [-0.2, -0.15) is 5.10 Å². The van der Waals surface area contributed by atoms with Crippen LogP contribution in [0.25, 0.3) is 0 Å². The van der Waals surface area contributed by atoms with Crippen LogP contribution in [0.2, 0.25) is 0 Å². The Morgan fingerprint density at radius 3 is 2.71 bits per heavy atom. The first-order valence-corrected chi connectivity index (χ1v) is 6.17. The van der Waals surface area contributed by atoms with Crippen LogP contribution >= 0.6 is 15.9 Å². The van der Waals surface area contributed by atoms with E-state index in [1.807, 2.05) is 25.6 Å². The molecule has 2 aromatic heterocycles. The quantitative estimate of drug-likeness (QED) is 0.925. The van der Waals surface area contributed by atoms with E-state index >= 15 is 0 Å². The molecule has 0 saturated heterocycles. The van der Waals surface area contributed by atoms with Gasteiger partial charge in [0.1, 0.15) is 5.82 Å². The van der Waals surface area contributed by atoms with Crippen molar-refractivity contribution < 1.29 is 0 Å². The second-order valence-corrected chi connectivity index (χ2v) is 5.00. The standard InChI is InChI=1S/C12H15BrN4/c1-7-4-9(12(14)15-6-7)5-10-11(13)8(2)16-17(10)3/h4,6H,5H2,1-3H3,(H2,14,15). The van der Waals surface area contributed by atoms with Crippen molar-refractivity contribution in [1.82, 2.24) is 14.8 Å². The van der Waals surface area contributed by atoms with Crippen molar-refractivity contribution >= 4 is 21.7 Å². The third-order valence-corrected chi connectivity index (χ3v) is 3.79. The van der Waals surface area contributed by atoms with Gasteiger partial charge in [0.2, 0.25) is 0 Å². The number of nitrogens with zero attached hydrogens (tertiary/aromatic N) is 3. The minimum atomic E-state index is 0.585. The van der Waals surface area contributed by atoms with Crippen molar-refractivity contribution in [1.29, 1.82) is 0 Å². The van der Waals surface area contributed by atoms with Crippen molar-refractivity contribution in [3.8, 4) is 0 Å². The van der Waals surface area contributed by atoms with Crippen LogP contribution in [0.15, 0.2) is 16.7 Å². The number of nitrogens with two attached hydrogens (primary N) is 1. The Labute approximate surface area is 109 Å². The SMILES string of the molecule is Cc1cnc(N)c(Cc2c(Br)c(C)nn2C)c1. The lowest BCUT2D eigenvalue weighted by Gasteiger charge is -2.07. The molecule has 0 radical (unpaired) electrons. The molecule has 2 rings (SSSR count). The van der Waals surface area contributed by atoms with Gasteiger partial charge in [-0.05, 0) is 35.3 Å². The first kappa shape index (κ1) is 12.1. The average Bonchev–Trinajstić information content (AvgIpc) is 2.50. The Kier molecular flexibility index (Phi) is 3.19. The molecule has 4 nitrogen and oxygen atoms in total. The molecule has 0 saturated carbocycles. The van der Waals surface area contributed by atoms with Crippen molar-refractivity contribution in [2.24, 2.45) is 7.05 Å². The van der Waals surface area contributed by atoms with E-state index in [-0.39, 0.29) is 0 Å². The third kappa shape index (κ3) is 2.34. The van der Waals surface area contributed by atoms with Gasteiger partial charge in [0.05, 0.1) is 15.9 Å². The lowest BCUT2D eigenvalue weighted by molar-refractivity contribution is 0.716. The Morgan fingerprint density at radius 2 is 2.12 bits per heavy atom.